The van der Waals surface area contributed by atoms with Crippen molar-refractivity contribution in [1.82, 2.24) is 0 Å². The number of hydrogen-bond acceptors (Lipinski definition) is 0. The first-order chi connectivity index (χ1) is 3.86. The topological polar surface area (TPSA) is 0 Å². The number of rotatable bonds is 0. The molecule has 1 rings (SSSR count). The van der Waals surface area contributed by atoms with Gasteiger partial charge in [-0.3, -0.25) is 0 Å². The van der Waals surface area contributed by atoms with Crippen LogP contribution < -0.4 is 0 Å². The Balaban J connectivity index is 2.62. The maximum atomic E-state index is 5.90. The lowest BCUT2D eigenvalue weighted by Gasteiger charge is -2.52. The summed E-state index contributed by atoms with van der Waals surface area (Å²) in [4.78, 5) is 0. The summed E-state index contributed by atoms with van der Waals surface area (Å²) in [5.41, 5.74) is 0.351. The van der Waals surface area contributed by atoms with Crippen LogP contribution >= 0.6 is 23.2 Å². The van der Waals surface area contributed by atoms with Crippen molar-refractivity contribution in [3.05, 3.63) is 0 Å². The Morgan fingerprint density at radius 1 is 1.33 bits per heavy atom. The van der Waals surface area contributed by atoms with Crippen molar-refractivity contribution >= 4 is 23.2 Å². The number of halogens is 2. The summed E-state index contributed by atoms with van der Waals surface area (Å²) in [6.45, 7) is 6.49. The summed E-state index contributed by atoms with van der Waals surface area (Å²) in [7, 11) is 0. The van der Waals surface area contributed by atoms with Gasteiger partial charge in [-0.05, 0) is 17.8 Å². The molecule has 1 fully saturated rings. The average Bonchev–Trinajstić information content (AvgIpc) is 1.63. The molecule has 0 nitrogen and oxygen atoms in total. The van der Waals surface area contributed by atoms with Gasteiger partial charge in [0.05, 0.1) is 0 Å². The zero-order valence-corrected chi connectivity index (χ0v) is 7.55. The van der Waals surface area contributed by atoms with Crippen LogP contribution in [-0.4, -0.2) is 4.33 Å². The Bertz CT molecular complexity index is 113. The Morgan fingerprint density at radius 3 is 1.78 bits per heavy atom. The van der Waals surface area contributed by atoms with Crippen LogP contribution in [0.4, 0.5) is 0 Å². The normalized spacial score (nSPS) is 37.7. The molecule has 0 unspecified atom stereocenters. The van der Waals surface area contributed by atoms with Gasteiger partial charge in [-0.2, -0.15) is 0 Å². The smallest absolute Gasteiger partial charge is 0.101 e. The second-order valence-corrected chi connectivity index (χ2v) is 5.19. The summed E-state index contributed by atoms with van der Waals surface area (Å²) in [6.07, 6.45) is 0.921. The van der Waals surface area contributed by atoms with E-state index in [0.29, 0.717) is 11.3 Å². The lowest BCUT2D eigenvalue weighted by molar-refractivity contribution is 0.0732. The lowest BCUT2D eigenvalue weighted by atomic mass is 9.63. The Morgan fingerprint density at radius 2 is 1.78 bits per heavy atom. The number of hydrogen-bond donors (Lipinski definition) is 0. The van der Waals surface area contributed by atoms with Crippen LogP contribution in [0.2, 0.25) is 0 Å². The molecule has 1 aliphatic rings. The van der Waals surface area contributed by atoms with Crippen LogP contribution in [0, 0.1) is 11.3 Å². The highest BCUT2D eigenvalue weighted by Gasteiger charge is 2.54. The van der Waals surface area contributed by atoms with Crippen molar-refractivity contribution in [2.75, 3.05) is 0 Å². The first kappa shape index (κ1) is 7.68. The molecule has 0 spiro atoms. The summed E-state index contributed by atoms with van der Waals surface area (Å²) in [5.74, 6) is 0.424. The van der Waals surface area contributed by atoms with Crippen molar-refractivity contribution in [2.24, 2.45) is 11.3 Å². The predicted octanol–water partition coefficient (Wildman–Crippen LogP) is 3.23. The van der Waals surface area contributed by atoms with E-state index in [1.807, 2.05) is 0 Å². The fourth-order valence-electron chi connectivity index (χ4n) is 1.35. The van der Waals surface area contributed by atoms with E-state index in [4.69, 9.17) is 23.2 Å². The van der Waals surface area contributed by atoms with Crippen molar-refractivity contribution in [1.29, 1.82) is 0 Å². The SMILES string of the molecule is C[C@@H]1C(C)(C)CC1(Cl)Cl. The fourth-order valence-corrected chi connectivity index (χ4v) is 2.63. The quantitative estimate of drug-likeness (QED) is 0.486. The highest BCUT2D eigenvalue weighted by molar-refractivity contribution is 6.49. The third-order valence-electron chi connectivity index (χ3n) is 2.50. The minimum Gasteiger partial charge on any atom is -0.101 e. The summed E-state index contributed by atoms with van der Waals surface area (Å²) < 4.78 is -0.441. The van der Waals surface area contributed by atoms with E-state index in [1.165, 1.54) is 0 Å². The molecule has 0 aliphatic heterocycles. The Labute approximate surface area is 66.5 Å². The molecule has 1 aliphatic carbocycles. The van der Waals surface area contributed by atoms with Gasteiger partial charge < -0.3 is 0 Å². The zero-order valence-electron chi connectivity index (χ0n) is 6.04. The second-order valence-electron chi connectivity index (χ2n) is 3.65. The van der Waals surface area contributed by atoms with E-state index >= 15 is 0 Å². The first-order valence-electron chi connectivity index (χ1n) is 3.24. The van der Waals surface area contributed by atoms with Gasteiger partial charge in [-0.1, -0.05) is 20.8 Å². The Kier molecular flexibility index (Phi) is 1.53. The van der Waals surface area contributed by atoms with Gasteiger partial charge in [0.15, 0.2) is 0 Å². The highest BCUT2D eigenvalue weighted by Crippen LogP contribution is 2.58. The van der Waals surface area contributed by atoms with Crippen molar-refractivity contribution < 1.29 is 0 Å². The fraction of sp³-hybridized carbons (Fsp3) is 1.00. The molecule has 9 heavy (non-hydrogen) atoms. The van der Waals surface area contributed by atoms with Crippen LogP contribution in [-0.2, 0) is 0 Å². The van der Waals surface area contributed by atoms with E-state index in [1.54, 1.807) is 0 Å². The van der Waals surface area contributed by atoms with Gasteiger partial charge in [0.25, 0.3) is 0 Å². The molecular formula is C7H12Cl2. The molecule has 54 valence electrons. The van der Waals surface area contributed by atoms with Crippen molar-refractivity contribution in [3.8, 4) is 0 Å². The molecule has 0 aromatic rings. The minimum atomic E-state index is -0.441. The maximum absolute atomic E-state index is 5.90. The third-order valence-corrected chi connectivity index (χ3v) is 3.42. The lowest BCUT2D eigenvalue weighted by Crippen LogP contribution is -2.50. The van der Waals surface area contributed by atoms with Gasteiger partial charge in [0.1, 0.15) is 4.33 Å². The van der Waals surface area contributed by atoms with E-state index in [0.717, 1.165) is 6.42 Å². The molecule has 0 saturated heterocycles. The molecule has 0 radical (unpaired) electrons. The summed E-state index contributed by atoms with van der Waals surface area (Å²) in [6, 6.07) is 0. The number of alkyl halides is 2. The van der Waals surface area contributed by atoms with Gasteiger partial charge in [0.2, 0.25) is 0 Å². The monoisotopic (exact) mass is 166 g/mol. The van der Waals surface area contributed by atoms with Crippen LogP contribution in [0.15, 0.2) is 0 Å². The van der Waals surface area contributed by atoms with E-state index in [9.17, 15) is 0 Å². The summed E-state index contributed by atoms with van der Waals surface area (Å²) >= 11 is 11.8. The minimum absolute atomic E-state index is 0.351. The maximum Gasteiger partial charge on any atom is 0.121 e. The largest absolute Gasteiger partial charge is 0.121 e. The molecular weight excluding hydrogens is 155 g/mol. The molecule has 0 N–H and O–H groups in total. The molecule has 0 bridgehead atoms. The van der Waals surface area contributed by atoms with Gasteiger partial charge >= 0.3 is 0 Å². The summed E-state index contributed by atoms with van der Waals surface area (Å²) in [5, 5.41) is 0. The molecule has 0 amide bonds. The molecule has 1 atom stereocenters. The molecule has 1 saturated carbocycles. The molecule has 2 heteroatoms. The first-order valence-corrected chi connectivity index (χ1v) is 4.00. The Hall–Kier alpha value is 0.580. The molecule has 0 aromatic carbocycles. The van der Waals surface area contributed by atoms with Gasteiger partial charge in [-0.15, -0.1) is 23.2 Å². The van der Waals surface area contributed by atoms with E-state index < -0.39 is 4.33 Å². The second kappa shape index (κ2) is 1.79. The molecule has 0 aromatic heterocycles. The van der Waals surface area contributed by atoms with E-state index in [2.05, 4.69) is 20.8 Å². The molecule has 0 heterocycles. The standard InChI is InChI=1S/C7H12Cl2/c1-5-6(2,3)4-7(5,8)9/h5H,4H2,1-3H3/t5-/m1/s1. The van der Waals surface area contributed by atoms with Crippen molar-refractivity contribution in [3.63, 3.8) is 0 Å². The third kappa shape index (κ3) is 1.08. The predicted molar refractivity (Wildman–Crippen MR) is 42.0 cm³/mol. The van der Waals surface area contributed by atoms with Crippen LogP contribution in [0.3, 0.4) is 0 Å². The van der Waals surface area contributed by atoms with Crippen LogP contribution in [0.25, 0.3) is 0 Å². The van der Waals surface area contributed by atoms with Gasteiger partial charge in [-0.25, -0.2) is 0 Å². The van der Waals surface area contributed by atoms with Gasteiger partial charge in [0, 0.05) is 0 Å². The van der Waals surface area contributed by atoms with E-state index in [-0.39, 0.29) is 0 Å². The van der Waals surface area contributed by atoms with Crippen LogP contribution in [0.5, 0.6) is 0 Å². The van der Waals surface area contributed by atoms with Crippen LogP contribution in [0.1, 0.15) is 27.2 Å². The zero-order chi connectivity index (χ0) is 7.28. The highest BCUT2D eigenvalue weighted by atomic mass is 35.5. The van der Waals surface area contributed by atoms with Crippen molar-refractivity contribution in [2.45, 2.75) is 31.5 Å². The average molecular weight is 167 g/mol.